The molecule has 3 heteroatoms. The summed E-state index contributed by atoms with van der Waals surface area (Å²) in [6, 6.07) is 0.634. The topological polar surface area (TPSA) is 49.3 Å². The van der Waals surface area contributed by atoms with Gasteiger partial charge in [-0.2, -0.15) is 0 Å². The van der Waals surface area contributed by atoms with Crippen molar-refractivity contribution in [3.63, 3.8) is 0 Å². The first kappa shape index (κ1) is 11.9. The molecule has 0 aromatic heterocycles. The lowest BCUT2D eigenvalue weighted by Crippen LogP contribution is -2.36. The Bertz CT molecular complexity index is 250. The molecule has 2 rings (SSSR count). The van der Waals surface area contributed by atoms with Crippen LogP contribution in [-0.2, 0) is 4.79 Å². The van der Waals surface area contributed by atoms with Crippen LogP contribution in [-0.4, -0.2) is 23.7 Å². The van der Waals surface area contributed by atoms with Gasteiger partial charge >= 0.3 is 5.97 Å². The van der Waals surface area contributed by atoms with Gasteiger partial charge < -0.3 is 10.4 Å². The van der Waals surface area contributed by atoms with E-state index >= 15 is 0 Å². The quantitative estimate of drug-likeness (QED) is 0.729. The van der Waals surface area contributed by atoms with Gasteiger partial charge in [0, 0.05) is 6.04 Å². The molecular weight excluding hydrogens is 202 g/mol. The zero-order chi connectivity index (χ0) is 11.5. The fourth-order valence-electron chi connectivity index (χ4n) is 3.05. The van der Waals surface area contributed by atoms with Crippen LogP contribution in [0.25, 0.3) is 0 Å². The fraction of sp³-hybridized carbons (Fsp3) is 0.923. The summed E-state index contributed by atoms with van der Waals surface area (Å²) in [5.74, 6) is 0.549. The third kappa shape index (κ3) is 2.76. The molecule has 0 heterocycles. The number of hydrogen-bond donors (Lipinski definition) is 2. The summed E-state index contributed by atoms with van der Waals surface area (Å²) in [5.41, 5.74) is 0. The van der Waals surface area contributed by atoms with E-state index < -0.39 is 5.97 Å². The van der Waals surface area contributed by atoms with Crippen LogP contribution in [0.5, 0.6) is 0 Å². The molecule has 0 bridgehead atoms. The zero-order valence-electron chi connectivity index (χ0n) is 10.1. The Labute approximate surface area is 97.6 Å². The number of carboxylic acids is 1. The molecule has 0 aromatic rings. The standard InChI is InChI=1S/C13H23NO2/c1-2-12(9-6-7-9)14-8-10-4-3-5-11(10)13(15)16/h9-12,14H,2-8H2,1H3,(H,15,16). The minimum atomic E-state index is -0.594. The lowest BCUT2D eigenvalue weighted by atomic mass is 9.95. The normalized spacial score (nSPS) is 31.6. The second-order valence-electron chi connectivity index (χ2n) is 5.40. The molecule has 0 amide bonds. The Morgan fingerprint density at radius 3 is 2.69 bits per heavy atom. The maximum absolute atomic E-state index is 11.0. The fourth-order valence-corrected chi connectivity index (χ4v) is 3.05. The van der Waals surface area contributed by atoms with Gasteiger partial charge in [-0.25, -0.2) is 0 Å². The number of hydrogen-bond acceptors (Lipinski definition) is 2. The second-order valence-corrected chi connectivity index (χ2v) is 5.40. The molecule has 0 radical (unpaired) electrons. The Morgan fingerprint density at radius 2 is 2.12 bits per heavy atom. The van der Waals surface area contributed by atoms with Crippen LogP contribution < -0.4 is 5.32 Å². The lowest BCUT2D eigenvalue weighted by Gasteiger charge is -2.21. The van der Waals surface area contributed by atoms with Crippen LogP contribution in [0.1, 0.15) is 45.4 Å². The van der Waals surface area contributed by atoms with Gasteiger partial charge in [0.15, 0.2) is 0 Å². The smallest absolute Gasteiger partial charge is 0.306 e. The largest absolute Gasteiger partial charge is 0.481 e. The van der Waals surface area contributed by atoms with Crippen LogP contribution >= 0.6 is 0 Å². The Morgan fingerprint density at radius 1 is 1.38 bits per heavy atom. The summed E-state index contributed by atoms with van der Waals surface area (Å²) in [5, 5.41) is 12.7. The maximum Gasteiger partial charge on any atom is 0.306 e. The molecular formula is C13H23NO2. The Hall–Kier alpha value is -0.570. The average molecular weight is 225 g/mol. The van der Waals surface area contributed by atoms with E-state index in [1.54, 1.807) is 0 Å². The highest BCUT2D eigenvalue weighted by Crippen LogP contribution is 2.35. The molecule has 2 fully saturated rings. The van der Waals surface area contributed by atoms with E-state index in [2.05, 4.69) is 12.2 Å². The number of carbonyl (C=O) groups is 1. The van der Waals surface area contributed by atoms with Crippen LogP contribution in [0, 0.1) is 17.8 Å². The van der Waals surface area contributed by atoms with Gasteiger partial charge in [0.1, 0.15) is 0 Å². The highest BCUT2D eigenvalue weighted by molar-refractivity contribution is 5.70. The van der Waals surface area contributed by atoms with Crippen molar-refractivity contribution in [2.75, 3.05) is 6.54 Å². The lowest BCUT2D eigenvalue weighted by molar-refractivity contribution is -0.142. The molecule has 0 aromatic carbocycles. The second kappa shape index (κ2) is 5.17. The van der Waals surface area contributed by atoms with Crippen molar-refractivity contribution in [1.29, 1.82) is 0 Å². The molecule has 3 nitrogen and oxygen atoms in total. The summed E-state index contributed by atoms with van der Waals surface area (Å²) in [4.78, 5) is 11.0. The molecule has 2 saturated carbocycles. The highest BCUT2D eigenvalue weighted by Gasteiger charge is 2.34. The van der Waals surface area contributed by atoms with Crippen LogP contribution in [0.2, 0.25) is 0 Å². The number of rotatable bonds is 6. The molecule has 92 valence electrons. The molecule has 3 unspecified atom stereocenters. The zero-order valence-corrected chi connectivity index (χ0v) is 10.1. The van der Waals surface area contributed by atoms with Crippen LogP contribution in [0.4, 0.5) is 0 Å². The number of nitrogens with one attached hydrogen (secondary N) is 1. The van der Waals surface area contributed by atoms with Crippen LogP contribution in [0.15, 0.2) is 0 Å². The molecule has 2 aliphatic rings. The van der Waals surface area contributed by atoms with E-state index in [-0.39, 0.29) is 5.92 Å². The van der Waals surface area contributed by atoms with Gasteiger partial charge in [0.05, 0.1) is 5.92 Å². The summed E-state index contributed by atoms with van der Waals surface area (Å²) in [7, 11) is 0. The molecule has 2 N–H and O–H groups in total. The van der Waals surface area contributed by atoms with Crippen molar-refractivity contribution in [1.82, 2.24) is 5.32 Å². The Kier molecular flexibility index (Phi) is 3.85. The summed E-state index contributed by atoms with van der Waals surface area (Å²) in [6.07, 6.45) is 6.95. The molecule has 3 atom stereocenters. The van der Waals surface area contributed by atoms with Gasteiger partial charge in [-0.1, -0.05) is 13.3 Å². The summed E-state index contributed by atoms with van der Waals surface area (Å²) in [6.45, 7) is 3.13. The van der Waals surface area contributed by atoms with Gasteiger partial charge in [-0.15, -0.1) is 0 Å². The third-order valence-corrected chi connectivity index (χ3v) is 4.25. The van der Waals surface area contributed by atoms with Gasteiger partial charge in [0.2, 0.25) is 0 Å². The summed E-state index contributed by atoms with van der Waals surface area (Å²) < 4.78 is 0. The average Bonchev–Trinajstić information content (AvgIpc) is 2.97. The van der Waals surface area contributed by atoms with E-state index in [1.165, 1.54) is 19.3 Å². The van der Waals surface area contributed by atoms with E-state index in [1.807, 2.05) is 0 Å². The summed E-state index contributed by atoms with van der Waals surface area (Å²) >= 11 is 0. The van der Waals surface area contributed by atoms with E-state index in [4.69, 9.17) is 5.11 Å². The SMILES string of the molecule is CCC(NCC1CCCC1C(=O)O)C1CC1. The predicted octanol–water partition coefficient (Wildman–Crippen LogP) is 2.27. The van der Waals surface area contributed by atoms with E-state index in [0.717, 1.165) is 31.7 Å². The highest BCUT2D eigenvalue weighted by atomic mass is 16.4. The molecule has 16 heavy (non-hydrogen) atoms. The van der Waals surface area contributed by atoms with Crippen molar-refractivity contribution in [3.8, 4) is 0 Å². The number of carboxylic acid groups (broad SMARTS) is 1. The van der Waals surface area contributed by atoms with Gasteiger partial charge in [-0.05, 0) is 50.5 Å². The molecule has 2 aliphatic carbocycles. The van der Waals surface area contributed by atoms with Crippen molar-refractivity contribution in [3.05, 3.63) is 0 Å². The first-order valence-electron chi connectivity index (χ1n) is 6.68. The minimum Gasteiger partial charge on any atom is -0.481 e. The molecule has 0 spiro atoms. The van der Waals surface area contributed by atoms with Gasteiger partial charge in [0.25, 0.3) is 0 Å². The van der Waals surface area contributed by atoms with Crippen LogP contribution in [0.3, 0.4) is 0 Å². The third-order valence-electron chi connectivity index (χ3n) is 4.25. The first-order valence-corrected chi connectivity index (χ1v) is 6.68. The monoisotopic (exact) mass is 225 g/mol. The van der Waals surface area contributed by atoms with E-state index in [0.29, 0.717) is 12.0 Å². The Balaban J connectivity index is 1.77. The predicted molar refractivity (Wildman–Crippen MR) is 63.3 cm³/mol. The van der Waals surface area contributed by atoms with Crippen molar-refractivity contribution >= 4 is 5.97 Å². The van der Waals surface area contributed by atoms with Crippen molar-refractivity contribution < 1.29 is 9.90 Å². The van der Waals surface area contributed by atoms with Crippen molar-refractivity contribution in [2.24, 2.45) is 17.8 Å². The molecule has 0 saturated heterocycles. The van der Waals surface area contributed by atoms with E-state index in [9.17, 15) is 4.79 Å². The van der Waals surface area contributed by atoms with Crippen molar-refractivity contribution in [2.45, 2.75) is 51.5 Å². The van der Waals surface area contributed by atoms with Gasteiger partial charge in [-0.3, -0.25) is 4.79 Å². The molecule has 0 aliphatic heterocycles. The maximum atomic E-state index is 11.0. The first-order chi connectivity index (χ1) is 7.72. The minimum absolute atomic E-state index is 0.0933. The number of aliphatic carboxylic acids is 1.